The fourth-order valence-electron chi connectivity index (χ4n) is 6.02. The highest BCUT2D eigenvalue weighted by atomic mass is 16.4. The van der Waals surface area contributed by atoms with Crippen LogP contribution in [0.2, 0.25) is 0 Å². The lowest BCUT2D eigenvalue weighted by Gasteiger charge is -2.59. The van der Waals surface area contributed by atoms with Crippen LogP contribution in [0.4, 0.5) is 0 Å². The van der Waals surface area contributed by atoms with Crippen molar-refractivity contribution in [3.05, 3.63) is 70.8 Å². The standard InChI is InChI=1S/C25H31NO3/c1-4-24-16-23(2,28)25(29,19-8-6-5-7-9-19)15-20(24)12-10-17-14-18(22(27)26-3)11-13-21(17)24/h5-9,11,13-14,20,28-29H,4,10,12,15-16H2,1-3H3,(H,26,27). The Bertz CT molecular complexity index is 923. The molecule has 4 nitrogen and oxygen atoms in total. The van der Waals surface area contributed by atoms with E-state index in [9.17, 15) is 15.0 Å². The Morgan fingerprint density at radius 2 is 1.90 bits per heavy atom. The van der Waals surface area contributed by atoms with Gasteiger partial charge in [-0.1, -0.05) is 43.3 Å². The molecule has 0 aliphatic heterocycles. The average molecular weight is 394 g/mol. The molecule has 2 aromatic carbocycles. The Morgan fingerprint density at radius 3 is 2.55 bits per heavy atom. The maximum atomic E-state index is 12.1. The van der Waals surface area contributed by atoms with Crippen LogP contribution >= 0.6 is 0 Å². The van der Waals surface area contributed by atoms with E-state index < -0.39 is 11.2 Å². The van der Waals surface area contributed by atoms with Crippen molar-refractivity contribution in [1.82, 2.24) is 5.32 Å². The maximum Gasteiger partial charge on any atom is 0.251 e. The summed E-state index contributed by atoms with van der Waals surface area (Å²) in [5.41, 5.74) is 1.19. The fraction of sp³-hybridized carbons (Fsp3) is 0.480. The Balaban J connectivity index is 1.79. The van der Waals surface area contributed by atoms with E-state index in [0.717, 1.165) is 24.8 Å². The minimum Gasteiger partial charge on any atom is -0.387 e. The van der Waals surface area contributed by atoms with Crippen LogP contribution in [0, 0.1) is 5.92 Å². The van der Waals surface area contributed by atoms with Gasteiger partial charge in [0.25, 0.3) is 5.91 Å². The maximum absolute atomic E-state index is 12.1. The molecule has 4 unspecified atom stereocenters. The molecule has 2 aliphatic rings. The number of aryl methyl sites for hydroxylation is 1. The van der Waals surface area contributed by atoms with Crippen molar-refractivity contribution >= 4 is 5.91 Å². The molecule has 4 rings (SSSR count). The average Bonchev–Trinajstić information content (AvgIpc) is 2.74. The molecule has 29 heavy (non-hydrogen) atoms. The molecule has 0 saturated heterocycles. The SMILES string of the molecule is CCC12CC(C)(O)C(O)(c3ccccc3)CC1CCc1cc(C(=O)NC)ccc12. The van der Waals surface area contributed by atoms with Gasteiger partial charge in [-0.25, -0.2) is 0 Å². The van der Waals surface area contributed by atoms with Gasteiger partial charge in [0, 0.05) is 18.0 Å². The largest absolute Gasteiger partial charge is 0.387 e. The van der Waals surface area contributed by atoms with Gasteiger partial charge < -0.3 is 15.5 Å². The molecule has 1 fully saturated rings. The molecule has 0 bridgehead atoms. The Kier molecular flexibility index (Phi) is 4.83. The lowest BCUT2D eigenvalue weighted by Crippen LogP contribution is -2.62. The first kappa shape index (κ1) is 20.1. The first-order valence-corrected chi connectivity index (χ1v) is 10.6. The fourth-order valence-corrected chi connectivity index (χ4v) is 6.02. The van der Waals surface area contributed by atoms with Gasteiger partial charge in [0.2, 0.25) is 0 Å². The van der Waals surface area contributed by atoms with Crippen LogP contribution < -0.4 is 5.32 Å². The Morgan fingerprint density at radius 1 is 1.17 bits per heavy atom. The number of hydrogen-bond acceptors (Lipinski definition) is 3. The van der Waals surface area contributed by atoms with Crippen LogP contribution in [0.1, 0.15) is 66.6 Å². The summed E-state index contributed by atoms with van der Waals surface area (Å²) >= 11 is 0. The van der Waals surface area contributed by atoms with Crippen LogP contribution in [-0.4, -0.2) is 28.8 Å². The Hall–Kier alpha value is -2.17. The molecule has 0 aromatic heterocycles. The van der Waals surface area contributed by atoms with Crippen molar-refractivity contribution in [2.75, 3.05) is 7.05 Å². The number of hydrogen-bond donors (Lipinski definition) is 3. The zero-order valence-corrected chi connectivity index (χ0v) is 17.5. The van der Waals surface area contributed by atoms with Gasteiger partial charge in [-0.2, -0.15) is 0 Å². The van der Waals surface area contributed by atoms with Crippen molar-refractivity contribution in [2.24, 2.45) is 5.92 Å². The molecule has 0 heterocycles. The summed E-state index contributed by atoms with van der Waals surface area (Å²) in [5, 5.41) is 26.0. The van der Waals surface area contributed by atoms with E-state index in [4.69, 9.17) is 0 Å². The van der Waals surface area contributed by atoms with Crippen molar-refractivity contribution in [3.63, 3.8) is 0 Å². The highest BCUT2D eigenvalue weighted by molar-refractivity contribution is 5.94. The minimum atomic E-state index is -1.27. The second-order valence-electron chi connectivity index (χ2n) is 9.08. The van der Waals surface area contributed by atoms with E-state index in [2.05, 4.69) is 18.3 Å². The molecular weight excluding hydrogens is 362 g/mol. The van der Waals surface area contributed by atoms with Crippen molar-refractivity contribution in [2.45, 2.75) is 62.6 Å². The van der Waals surface area contributed by atoms with E-state index in [1.165, 1.54) is 11.1 Å². The number of carbonyl (C=O) groups is 1. The number of fused-ring (bicyclic) bond motifs is 3. The van der Waals surface area contributed by atoms with Gasteiger partial charge in [0.05, 0.1) is 5.60 Å². The van der Waals surface area contributed by atoms with E-state index in [0.29, 0.717) is 18.4 Å². The molecule has 0 spiro atoms. The zero-order chi connectivity index (χ0) is 20.9. The summed E-state index contributed by atoms with van der Waals surface area (Å²) in [6, 6.07) is 15.6. The number of aliphatic hydroxyl groups is 2. The van der Waals surface area contributed by atoms with E-state index in [-0.39, 0.29) is 17.2 Å². The lowest BCUT2D eigenvalue weighted by molar-refractivity contribution is -0.205. The molecule has 2 aromatic rings. The second-order valence-corrected chi connectivity index (χ2v) is 9.08. The molecule has 0 radical (unpaired) electrons. The first-order valence-electron chi connectivity index (χ1n) is 10.6. The molecule has 1 saturated carbocycles. The Labute approximate surface area is 173 Å². The summed E-state index contributed by atoms with van der Waals surface area (Å²) in [5.74, 6) is 0.200. The molecular formula is C25H31NO3. The normalized spacial score (nSPS) is 33.5. The highest BCUT2D eigenvalue weighted by Crippen LogP contribution is 2.59. The number of nitrogens with one attached hydrogen (secondary N) is 1. The van der Waals surface area contributed by atoms with Crippen molar-refractivity contribution in [1.29, 1.82) is 0 Å². The molecule has 3 N–H and O–H groups in total. The van der Waals surface area contributed by atoms with Crippen molar-refractivity contribution in [3.8, 4) is 0 Å². The van der Waals surface area contributed by atoms with E-state index in [1.807, 2.05) is 42.5 Å². The van der Waals surface area contributed by atoms with Crippen molar-refractivity contribution < 1.29 is 15.0 Å². The number of benzene rings is 2. The summed E-state index contributed by atoms with van der Waals surface area (Å²) in [6.07, 6.45) is 3.77. The summed E-state index contributed by atoms with van der Waals surface area (Å²) in [7, 11) is 1.65. The molecule has 2 aliphatic carbocycles. The third kappa shape index (κ3) is 2.92. The van der Waals surface area contributed by atoms with Gasteiger partial charge in [-0.15, -0.1) is 0 Å². The van der Waals surface area contributed by atoms with E-state index in [1.54, 1.807) is 14.0 Å². The molecule has 4 heteroatoms. The van der Waals surface area contributed by atoms with Gasteiger partial charge in [0.1, 0.15) is 5.60 Å². The van der Waals surface area contributed by atoms with Gasteiger partial charge in [-0.05, 0) is 73.8 Å². The quantitative estimate of drug-likeness (QED) is 0.745. The summed E-state index contributed by atoms with van der Waals surface area (Å²) < 4.78 is 0. The van der Waals surface area contributed by atoms with Gasteiger partial charge in [0.15, 0.2) is 0 Å². The van der Waals surface area contributed by atoms with Crippen LogP contribution in [0.25, 0.3) is 0 Å². The zero-order valence-electron chi connectivity index (χ0n) is 17.5. The van der Waals surface area contributed by atoms with Crippen LogP contribution in [0.15, 0.2) is 48.5 Å². The second kappa shape index (κ2) is 6.96. The van der Waals surface area contributed by atoms with Gasteiger partial charge >= 0.3 is 0 Å². The molecule has 154 valence electrons. The number of rotatable bonds is 3. The predicted octanol–water partition coefficient (Wildman–Crippen LogP) is 3.69. The number of carbonyl (C=O) groups excluding carboxylic acids is 1. The summed E-state index contributed by atoms with van der Waals surface area (Å²) in [6.45, 7) is 3.96. The van der Waals surface area contributed by atoms with Crippen LogP contribution in [0.5, 0.6) is 0 Å². The number of amides is 1. The topological polar surface area (TPSA) is 69.6 Å². The van der Waals surface area contributed by atoms with E-state index >= 15 is 0 Å². The molecule has 4 atom stereocenters. The minimum absolute atomic E-state index is 0.0745. The monoisotopic (exact) mass is 393 g/mol. The van der Waals surface area contributed by atoms with Gasteiger partial charge in [-0.3, -0.25) is 4.79 Å². The molecule has 1 amide bonds. The summed E-state index contributed by atoms with van der Waals surface area (Å²) in [4.78, 5) is 12.1. The predicted molar refractivity (Wildman–Crippen MR) is 114 cm³/mol. The highest BCUT2D eigenvalue weighted by Gasteiger charge is 2.60. The van der Waals surface area contributed by atoms with Crippen LogP contribution in [-0.2, 0) is 17.4 Å². The lowest BCUT2D eigenvalue weighted by atomic mass is 9.49. The third-order valence-corrected chi connectivity index (χ3v) is 7.65. The first-order chi connectivity index (χ1) is 13.8. The third-order valence-electron chi connectivity index (χ3n) is 7.65. The smallest absolute Gasteiger partial charge is 0.251 e. The van der Waals surface area contributed by atoms with Crippen LogP contribution in [0.3, 0.4) is 0 Å².